The number of carbonyl (C=O) groups excluding carboxylic acids is 1. The van der Waals surface area contributed by atoms with Crippen LogP contribution >= 0.6 is 27.7 Å². The number of halogens is 4. The van der Waals surface area contributed by atoms with Crippen LogP contribution in [0, 0.1) is 0 Å². The largest absolute Gasteiger partial charge is 0.416 e. The predicted molar refractivity (Wildman–Crippen MR) is 110 cm³/mol. The number of hydrogen-bond donors (Lipinski definition) is 1. The Morgan fingerprint density at radius 2 is 2.00 bits per heavy atom. The van der Waals surface area contributed by atoms with Crippen LogP contribution in [0.4, 0.5) is 18.9 Å². The lowest BCUT2D eigenvalue weighted by atomic mass is 10.2. The number of thioether (sulfide) groups is 1. The van der Waals surface area contributed by atoms with E-state index in [9.17, 15) is 22.8 Å². The second-order valence-corrected chi connectivity index (χ2v) is 7.88. The number of nitrogens with zero attached hydrogens (tertiary/aromatic N) is 2. The SMILES string of the molecule is CCn1c(SCC(=O)Nc2cccc(C(F)(F)F)c2)nc2ccc(Br)cc2c1=O. The lowest BCUT2D eigenvalue weighted by Gasteiger charge is -2.12. The van der Waals surface area contributed by atoms with Crippen molar-refractivity contribution in [3.05, 3.63) is 62.9 Å². The van der Waals surface area contributed by atoms with Gasteiger partial charge in [0, 0.05) is 16.7 Å². The quantitative estimate of drug-likeness (QED) is 0.411. The van der Waals surface area contributed by atoms with Gasteiger partial charge in [0.05, 0.1) is 22.2 Å². The number of benzene rings is 2. The van der Waals surface area contributed by atoms with Crippen molar-refractivity contribution in [2.45, 2.75) is 24.8 Å². The highest BCUT2D eigenvalue weighted by molar-refractivity contribution is 9.10. The van der Waals surface area contributed by atoms with Crippen LogP contribution in [0.5, 0.6) is 0 Å². The van der Waals surface area contributed by atoms with E-state index in [1.807, 2.05) is 0 Å². The third-order valence-electron chi connectivity index (χ3n) is 4.00. The number of hydrogen-bond acceptors (Lipinski definition) is 4. The van der Waals surface area contributed by atoms with E-state index in [1.54, 1.807) is 25.1 Å². The summed E-state index contributed by atoms with van der Waals surface area (Å²) in [7, 11) is 0. The third kappa shape index (κ3) is 4.99. The number of carbonyl (C=O) groups is 1. The zero-order chi connectivity index (χ0) is 21.2. The summed E-state index contributed by atoms with van der Waals surface area (Å²) in [5.74, 6) is -0.604. The zero-order valence-electron chi connectivity index (χ0n) is 15.1. The maximum absolute atomic E-state index is 12.8. The average molecular weight is 486 g/mol. The van der Waals surface area contributed by atoms with Crippen LogP contribution in [0.1, 0.15) is 12.5 Å². The van der Waals surface area contributed by atoms with Crippen LogP contribution in [0.3, 0.4) is 0 Å². The molecule has 1 aromatic heterocycles. The van der Waals surface area contributed by atoms with E-state index in [2.05, 4.69) is 26.2 Å². The van der Waals surface area contributed by atoms with Gasteiger partial charge < -0.3 is 5.32 Å². The van der Waals surface area contributed by atoms with Gasteiger partial charge in [0.2, 0.25) is 5.91 Å². The molecule has 3 aromatic rings. The Balaban J connectivity index is 1.78. The molecule has 0 spiro atoms. The van der Waals surface area contributed by atoms with E-state index in [4.69, 9.17) is 0 Å². The molecule has 1 N–H and O–H groups in total. The monoisotopic (exact) mass is 485 g/mol. The molecule has 0 atom stereocenters. The number of aromatic nitrogens is 2. The molecular weight excluding hydrogens is 471 g/mol. The molecular formula is C19H15BrF3N3O2S. The van der Waals surface area contributed by atoms with E-state index in [0.29, 0.717) is 22.6 Å². The van der Waals surface area contributed by atoms with Crippen LogP contribution in [0.25, 0.3) is 10.9 Å². The highest BCUT2D eigenvalue weighted by Gasteiger charge is 2.30. The molecule has 0 saturated heterocycles. The summed E-state index contributed by atoms with van der Waals surface area (Å²) in [6.45, 7) is 2.16. The maximum atomic E-state index is 12.8. The minimum absolute atomic E-state index is 0.0506. The van der Waals surface area contributed by atoms with Crippen LogP contribution in [0.2, 0.25) is 0 Å². The van der Waals surface area contributed by atoms with Crippen LogP contribution in [-0.2, 0) is 17.5 Å². The van der Waals surface area contributed by atoms with E-state index < -0.39 is 17.6 Å². The van der Waals surface area contributed by atoms with Gasteiger partial charge in [-0.05, 0) is 43.3 Å². The van der Waals surface area contributed by atoms with Gasteiger partial charge in [-0.15, -0.1) is 0 Å². The van der Waals surface area contributed by atoms with E-state index >= 15 is 0 Å². The molecule has 5 nitrogen and oxygen atoms in total. The van der Waals surface area contributed by atoms with Gasteiger partial charge in [0.1, 0.15) is 0 Å². The fourth-order valence-electron chi connectivity index (χ4n) is 2.66. The summed E-state index contributed by atoms with van der Waals surface area (Å²) >= 11 is 4.37. The molecule has 3 rings (SSSR count). The molecule has 0 aliphatic rings. The number of amides is 1. The standard InChI is InChI=1S/C19H15BrF3N3O2S/c1-2-26-17(28)14-9-12(20)6-7-15(14)25-18(26)29-10-16(27)24-13-5-3-4-11(8-13)19(21,22)23/h3-9H,2,10H2,1H3,(H,24,27). The van der Waals surface area contributed by atoms with Crippen molar-refractivity contribution < 1.29 is 18.0 Å². The molecule has 10 heteroatoms. The summed E-state index contributed by atoms with van der Waals surface area (Å²) in [5, 5.41) is 3.26. The van der Waals surface area contributed by atoms with E-state index in [-0.39, 0.29) is 17.0 Å². The number of fused-ring (bicyclic) bond motifs is 1. The van der Waals surface area contributed by atoms with Crippen LogP contribution < -0.4 is 10.9 Å². The minimum atomic E-state index is -4.49. The lowest BCUT2D eigenvalue weighted by Crippen LogP contribution is -2.23. The first-order chi connectivity index (χ1) is 13.7. The topological polar surface area (TPSA) is 64.0 Å². The van der Waals surface area contributed by atoms with Gasteiger partial charge >= 0.3 is 6.18 Å². The normalized spacial score (nSPS) is 11.6. The van der Waals surface area contributed by atoms with Crippen molar-refractivity contribution in [3.63, 3.8) is 0 Å². The Hall–Kier alpha value is -2.33. The smallest absolute Gasteiger partial charge is 0.325 e. The first kappa shape index (κ1) is 21.4. The Kier molecular flexibility index (Phi) is 6.33. The Labute approximate surface area is 176 Å². The Morgan fingerprint density at radius 1 is 1.24 bits per heavy atom. The molecule has 0 bridgehead atoms. The summed E-state index contributed by atoms with van der Waals surface area (Å²) in [6, 6.07) is 9.56. The van der Waals surface area contributed by atoms with Crippen molar-refractivity contribution in [1.82, 2.24) is 9.55 Å². The molecule has 1 amide bonds. The zero-order valence-corrected chi connectivity index (χ0v) is 17.5. The number of rotatable bonds is 5. The first-order valence-electron chi connectivity index (χ1n) is 8.49. The molecule has 2 aromatic carbocycles. The van der Waals surface area contributed by atoms with Crippen LogP contribution in [-0.4, -0.2) is 21.2 Å². The molecule has 0 saturated carbocycles. The summed E-state index contributed by atoms with van der Waals surface area (Å²) in [6.07, 6.45) is -4.49. The minimum Gasteiger partial charge on any atom is -0.325 e. The molecule has 29 heavy (non-hydrogen) atoms. The highest BCUT2D eigenvalue weighted by atomic mass is 79.9. The van der Waals surface area contributed by atoms with Crippen molar-refractivity contribution in [2.75, 3.05) is 11.1 Å². The average Bonchev–Trinajstić information content (AvgIpc) is 2.66. The molecule has 0 aliphatic heterocycles. The van der Waals surface area contributed by atoms with Crippen molar-refractivity contribution in [1.29, 1.82) is 0 Å². The van der Waals surface area contributed by atoms with Crippen LogP contribution in [0.15, 0.2) is 56.9 Å². The van der Waals surface area contributed by atoms with E-state index in [1.165, 1.54) is 16.7 Å². The predicted octanol–water partition coefficient (Wildman–Crippen LogP) is 4.93. The second-order valence-electron chi connectivity index (χ2n) is 6.02. The molecule has 0 fully saturated rings. The van der Waals surface area contributed by atoms with Crippen molar-refractivity contribution >= 4 is 50.2 Å². The molecule has 1 heterocycles. The number of alkyl halides is 3. The second kappa shape index (κ2) is 8.58. The Morgan fingerprint density at radius 3 is 2.69 bits per heavy atom. The fraction of sp³-hybridized carbons (Fsp3) is 0.211. The summed E-state index contributed by atoms with van der Waals surface area (Å²) in [5.41, 5.74) is -0.511. The highest BCUT2D eigenvalue weighted by Crippen LogP contribution is 2.30. The van der Waals surface area contributed by atoms with Gasteiger partial charge in [0.25, 0.3) is 5.56 Å². The maximum Gasteiger partial charge on any atom is 0.416 e. The van der Waals surface area contributed by atoms with Gasteiger partial charge in [-0.2, -0.15) is 13.2 Å². The number of nitrogens with one attached hydrogen (secondary N) is 1. The lowest BCUT2D eigenvalue weighted by molar-refractivity contribution is -0.137. The number of anilines is 1. The van der Waals surface area contributed by atoms with Gasteiger partial charge in [-0.3, -0.25) is 14.2 Å². The molecule has 0 radical (unpaired) electrons. The van der Waals surface area contributed by atoms with Gasteiger partial charge in [-0.25, -0.2) is 4.98 Å². The summed E-state index contributed by atoms with van der Waals surface area (Å²) < 4.78 is 40.6. The first-order valence-corrected chi connectivity index (χ1v) is 10.3. The van der Waals surface area contributed by atoms with Crippen molar-refractivity contribution in [2.24, 2.45) is 0 Å². The summed E-state index contributed by atoms with van der Waals surface area (Å²) in [4.78, 5) is 29.3. The molecule has 152 valence electrons. The third-order valence-corrected chi connectivity index (χ3v) is 5.47. The fourth-order valence-corrected chi connectivity index (χ4v) is 3.89. The van der Waals surface area contributed by atoms with Gasteiger partial charge in [0.15, 0.2) is 5.16 Å². The van der Waals surface area contributed by atoms with Crippen molar-refractivity contribution in [3.8, 4) is 0 Å². The van der Waals surface area contributed by atoms with E-state index in [0.717, 1.165) is 28.4 Å². The Bertz CT molecular complexity index is 1130. The van der Waals surface area contributed by atoms with Gasteiger partial charge in [-0.1, -0.05) is 33.8 Å². The molecule has 0 aliphatic carbocycles. The molecule has 0 unspecified atom stereocenters.